The highest BCUT2D eigenvalue weighted by Gasteiger charge is 2.63. The Bertz CT molecular complexity index is 1020. The van der Waals surface area contributed by atoms with Crippen LogP contribution in [0.25, 0.3) is 0 Å². The summed E-state index contributed by atoms with van der Waals surface area (Å²) in [5, 5.41) is 0. The van der Waals surface area contributed by atoms with Crippen LogP contribution >= 0.6 is 0 Å². The molecule has 0 unspecified atom stereocenters. The average molecular weight is 426 g/mol. The maximum Gasteiger partial charge on any atom is 0.341 e. The lowest BCUT2D eigenvalue weighted by molar-refractivity contribution is -0.146. The summed E-state index contributed by atoms with van der Waals surface area (Å²) in [6.07, 6.45) is 1.10. The van der Waals surface area contributed by atoms with Crippen molar-refractivity contribution in [3.8, 4) is 0 Å². The van der Waals surface area contributed by atoms with E-state index in [-0.39, 0.29) is 35.9 Å². The van der Waals surface area contributed by atoms with Crippen LogP contribution in [-0.2, 0) is 34.0 Å². The van der Waals surface area contributed by atoms with Crippen LogP contribution in [0.4, 0.5) is 5.69 Å². The molecule has 3 rings (SSSR count). The summed E-state index contributed by atoms with van der Waals surface area (Å²) >= 11 is 0. The Morgan fingerprint density at radius 2 is 1.94 bits per heavy atom. The quantitative estimate of drug-likeness (QED) is 0.550. The molecular formula is C23H26N2O6. The number of fused-ring (bicyclic) bond motifs is 2. The van der Waals surface area contributed by atoms with Crippen LogP contribution in [0.3, 0.4) is 0 Å². The Kier molecular flexibility index (Phi) is 5.92. The number of hydrogen-bond donors (Lipinski definition) is 1. The third-order valence-corrected chi connectivity index (χ3v) is 5.11. The van der Waals surface area contributed by atoms with E-state index >= 15 is 0 Å². The van der Waals surface area contributed by atoms with Crippen LogP contribution in [0.15, 0.2) is 59.7 Å². The van der Waals surface area contributed by atoms with Gasteiger partial charge in [-0.15, -0.1) is 6.58 Å². The fraction of sp³-hybridized carbons (Fsp3) is 0.348. The molecule has 2 aliphatic heterocycles. The van der Waals surface area contributed by atoms with Gasteiger partial charge in [0.1, 0.15) is 22.3 Å². The Morgan fingerprint density at radius 1 is 1.26 bits per heavy atom. The lowest BCUT2D eigenvalue weighted by atomic mass is 9.67. The van der Waals surface area contributed by atoms with E-state index in [4.69, 9.17) is 19.9 Å². The fourth-order valence-electron chi connectivity index (χ4n) is 4.11. The zero-order valence-corrected chi connectivity index (χ0v) is 18.1. The Morgan fingerprint density at radius 3 is 2.55 bits per heavy atom. The van der Waals surface area contributed by atoms with Crippen LogP contribution in [0, 0.1) is 0 Å². The molecule has 0 saturated heterocycles. The van der Waals surface area contributed by atoms with E-state index < -0.39 is 29.4 Å². The molecule has 31 heavy (non-hydrogen) atoms. The number of anilines is 1. The van der Waals surface area contributed by atoms with Crippen LogP contribution in [0.5, 0.6) is 0 Å². The minimum absolute atomic E-state index is 0.0480. The van der Waals surface area contributed by atoms with Gasteiger partial charge in [0.2, 0.25) is 11.8 Å². The normalized spacial score (nSPS) is 20.2. The van der Waals surface area contributed by atoms with E-state index in [1.54, 1.807) is 51.1 Å². The number of amides is 1. The molecule has 0 radical (unpaired) electrons. The summed E-state index contributed by atoms with van der Waals surface area (Å²) < 4.78 is 16.2. The first-order valence-electron chi connectivity index (χ1n) is 10.0. The maximum atomic E-state index is 14.0. The van der Waals surface area contributed by atoms with Gasteiger partial charge in [0.05, 0.1) is 12.7 Å². The number of carbonyl (C=O) groups is 3. The molecule has 164 valence electrons. The molecule has 1 aromatic carbocycles. The van der Waals surface area contributed by atoms with Gasteiger partial charge in [0.15, 0.2) is 0 Å². The lowest BCUT2D eigenvalue weighted by Crippen LogP contribution is -2.51. The van der Waals surface area contributed by atoms with Crippen molar-refractivity contribution in [1.82, 2.24) is 0 Å². The number of rotatable bonds is 6. The number of benzene rings is 1. The van der Waals surface area contributed by atoms with E-state index in [2.05, 4.69) is 6.58 Å². The molecule has 0 saturated carbocycles. The molecule has 1 atom stereocenters. The summed E-state index contributed by atoms with van der Waals surface area (Å²) in [6.45, 7) is 10.5. The van der Waals surface area contributed by atoms with Crippen molar-refractivity contribution in [3.05, 3.63) is 65.3 Å². The second-order valence-corrected chi connectivity index (χ2v) is 7.42. The predicted molar refractivity (Wildman–Crippen MR) is 114 cm³/mol. The average Bonchev–Trinajstić information content (AvgIpc) is 2.91. The highest BCUT2D eigenvalue weighted by molar-refractivity contribution is 6.22. The number of nitrogens with two attached hydrogens (primary N) is 1. The number of esters is 2. The van der Waals surface area contributed by atoms with Gasteiger partial charge in [-0.25, -0.2) is 9.59 Å². The summed E-state index contributed by atoms with van der Waals surface area (Å²) in [4.78, 5) is 41.8. The van der Waals surface area contributed by atoms with Crippen LogP contribution in [0.2, 0.25) is 0 Å². The van der Waals surface area contributed by atoms with E-state index in [9.17, 15) is 14.4 Å². The van der Waals surface area contributed by atoms with E-state index in [0.717, 1.165) is 0 Å². The number of carbonyl (C=O) groups excluding carboxylic acids is 3. The largest absolute Gasteiger partial charge is 0.462 e. The molecule has 2 N–H and O–H groups in total. The topological polar surface area (TPSA) is 108 Å². The number of nitrogens with zero attached hydrogens (tertiary/aromatic N) is 1. The molecule has 1 amide bonds. The first kappa shape index (κ1) is 22.1. The van der Waals surface area contributed by atoms with Crippen molar-refractivity contribution in [3.63, 3.8) is 0 Å². The van der Waals surface area contributed by atoms with Gasteiger partial charge in [-0.05, 0) is 33.8 Å². The summed E-state index contributed by atoms with van der Waals surface area (Å²) in [7, 11) is 0. The summed E-state index contributed by atoms with van der Waals surface area (Å²) in [5.41, 5.74) is 4.90. The third kappa shape index (κ3) is 3.28. The van der Waals surface area contributed by atoms with E-state index in [1.165, 1.54) is 11.8 Å². The second kappa shape index (κ2) is 8.29. The van der Waals surface area contributed by atoms with Crippen molar-refractivity contribution < 1.29 is 28.6 Å². The Labute approximate surface area is 180 Å². The highest BCUT2D eigenvalue weighted by atomic mass is 16.6. The van der Waals surface area contributed by atoms with Crippen molar-refractivity contribution >= 4 is 23.5 Å². The van der Waals surface area contributed by atoms with Crippen molar-refractivity contribution in [2.75, 3.05) is 18.1 Å². The molecule has 1 spiro atoms. The standard InChI is InChI=1S/C23H26N2O6/c1-6-12-25-16-11-9-8-10-15(16)23(22(25)28)17(21(27)30-13(3)4)14(5)31-19(24)18(23)20(26)29-7-2/h6,8-11,13H,1,7,12,24H2,2-5H3/t23-/m1/s1. The highest BCUT2D eigenvalue weighted by Crippen LogP contribution is 2.54. The van der Waals surface area contributed by atoms with E-state index in [1.807, 2.05) is 0 Å². The zero-order valence-electron chi connectivity index (χ0n) is 18.1. The first-order valence-corrected chi connectivity index (χ1v) is 10.0. The van der Waals surface area contributed by atoms with Crippen LogP contribution < -0.4 is 10.6 Å². The van der Waals surface area contributed by atoms with Crippen molar-refractivity contribution in [2.24, 2.45) is 5.73 Å². The number of hydrogen-bond acceptors (Lipinski definition) is 7. The smallest absolute Gasteiger partial charge is 0.341 e. The minimum Gasteiger partial charge on any atom is -0.462 e. The molecule has 8 nitrogen and oxygen atoms in total. The van der Waals surface area contributed by atoms with Crippen molar-refractivity contribution in [2.45, 2.75) is 39.2 Å². The van der Waals surface area contributed by atoms with Gasteiger partial charge >= 0.3 is 11.9 Å². The van der Waals surface area contributed by atoms with Gasteiger partial charge in [0, 0.05) is 17.8 Å². The molecule has 0 bridgehead atoms. The second-order valence-electron chi connectivity index (χ2n) is 7.42. The third-order valence-electron chi connectivity index (χ3n) is 5.11. The molecular weight excluding hydrogens is 400 g/mol. The molecule has 2 aliphatic rings. The predicted octanol–water partition coefficient (Wildman–Crippen LogP) is 2.45. The van der Waals surface area contributed by atoms with Crippen LogP contribution in [0.1, 0.15) is 33.3 Å². The number of ether oxygens (including phenoxy) is 3. The number of allylic oxidation sites excluding steroid dienone is 1. The molecule has 1 aromatic rings. The molecule has 8 heteroatoms. The number of para-hydroxylation sites is 1. The Balaban J connectivity index is 2.41. The van der Waals surface area contributed by atoms with Gasteiger partial charge in [0.25, 0.3) is 0 Å². The van der Waals surface area contributed by atoms with Gasteiger partial charge < -0.3 is 24.8 Å². The van der Waals surface area contributed by atoms with Gasteiger partial charge in [-0.3, -0.25) is 4.79 Å². The molecule has 2 heterocycles. The molecule has 0 aromatic heterocycles. The molecule has 0 fully saturated rings. The van der Waals surface area contributed by atoms with Crippen molar-refractivity contribution in [1.29, 1.82) is 0 Å². The Hall–Kier alpha value is -3.55. The lowest BCUT2D eigenvalue weighted by Gasteiger charge is -2.36. The zero-order chi connectivity index (χ0) is 22.9. The van der Waals surface area contributed by atoms with E-state index in [0.29, 0.717) is 11.3 Å². The van der Waals surface area contributed by atoms with Gasteiger partial charge in [-0.2, -0.15) is 0 Å². The summed E-state index contributed by atoms with van der Waals surface area (Å²) in [5.74, 6) is -2.35. The van der Waals surface area contributed by atoms with Crippen LogP contribution in [-0.4, -0.2) is 37.1 Å². The fourth-order valence-corrected chi connectivity index (χ4v) is 4.11. The molecule has 0 aliphatic carbocycles. The summed E-state index contributed by atoms with van der Waals surface area (Å²) in [6, 6.07) is 6.91. The maximum absolute atomic E-state index is 14.0. The SMILES string of the molecule is C=CCN1C(=O)[C@@]2(C(C(=O)OC(C)C)=C(C)OC(N)=C2C(=O)OCC)c2ccccc21. The first-order chi connectivity index (χ1) is 14.7. The minimum atomic E-state index is -1.86. The monoisotopic (exact) mass is 426 g/mol. The van der Waals surface area contributed by atoms with Gasteiger partial charge in [-0.1, -0.05) is 24.3 Å².